The van der Waals surface area contributed by atoms with Crippen molar-refractivity contribution in [2.75, 3.05) is 13.1 Å². The first kappa shape index (κ1) is 18.7. The van der Waals surface area contributed by atoms with E-state index in [0.717, 1.165) is 30.8 Å². The smallest absolute Gasteiger partial charge is 0.222 e. The number of hydrogen-bond acceptors (Lipinski definition) is 4. The van der Waals surface area contributed by atoms with Gasteiger partial charge in [-0.3, -0.25) is 4.79 Å². The van der Waals surface area contributed by atoms with Gasteiger partial charge in [0.2, 0.25) is 5.91 Å². The van der Waals surface area contributed by atoms with Crippen LogP contribution in [0.3, 0.4) is 0 Å². The zero-order valence-electron chi connectivity index (χ0n) is 15.6. The Bertz CT molecular complexity index is 944. The Morgan fingerprint density at radius 3 is 2.71 bits per heavy atom. The molecule has 0 radical (unpaired) electrons. The standard InChI is InChI=1S/C22H22FN3OS/c23-19-11-5-4-10-18(19)22-25-24-21(28-22)17-9-6-14-26(15-17)20(27)13-12-16-7-2-1-3-8-16/h1-5,7-8,10-11,17H,6,9,12-15H2. The highest BCUT2D eigenvalue weighted by Gasteiger charge is 2.27. The largest absolute Gasteiger partial charge is 0.342 e. The lowest BCUT2D eigenvalue weighted by molar-refractivity contribution is -0.132. The number of carbonyl (C=O) groups excluding carboxylic acids is 1. The Kier molecular flexibility index (Phi) is 5.76. The minimum atomic E-state index is -0.286. The van der Waals surface area contributed by atoms with Crippen LogP contribution in [0.4, 0.5) is 4.39 Å². The zero-order valence-corrected chi connectivity index (χ0v) is 16.4. The van der Waals surface area contributed by atoms with E-state index in [1.165, 1.54) is 23.0 Å². The summed E-state index contributed by atoms with van der Waals surface area (Å²) in [5.74, 6) is 0.0754. The number of aryl methyl sites for hydroxylation is 1. The van der Waals surface area contributed by atoms with Crippen LogP contribution < -0.4 is 0 Å². The molecule has 144 valence electrons. The van der Waals surface area contributed by atoms with Crippen LogP contribution in [0.25, 0.3) is 10.6 Å². The Morgan fingerprint density at radius 2 is 1.89 bits per heavy atom. The lowest BCUT2D eigenvalue weighted by Gasteiger charge is -2.31. The molecule has 2 aromatic carbocycles. The summed E-state index contributed by atoms with van der Waals surface area (Å²) in [4.78, 5) is 14.6. The number of amides is 1. The van der Waals surface area contributed by atoms with E-state index in [0.29, 0.717) is 23.5 Å². The third kappa shape index (κ3) is 4.28. The molecule has 4 rings (SSSR count). The molecule has 1 aromatic heterocycles. The van der Waals surface area contributed by atoms with Crippen molar-refractivity contribution in [2.45, 2.75) is 31.6 Å². The van der Waals surface area contributed by atoms with Gasteiger partial charge in [0.1, 0.15) is 10.8 Å². The van der Waals surface area contributed by atoms with Crippen molar-refractivity contribution in [3.8, 4) is 10.6 Å². The molecule has 1 unspecified atom stereocenters. The molecular weight excluding hydrogens is 373 g/mol. The van der Waals surface area contributed by atoms with Crippen LogP contribution in [0.1, 0.15) is 35.8 Å². The maximum atomic E-state index is 14.0. The number of likely N-dealkylation sites (tertiary alicyclic amines) is 1. The number of rotatable bonds is 5. The fourth-order valence-electron chi connectivity index (χ4n) is 3.60. The lowest BCUT2D eigenvalue weighted by atomic mass is 9.98. The molecule has 3 aromatic rings. The van der Waals surface area contributed by atoms with E-state index in [9.17, 15) is 9.18 Å². The summed E-state index contributed by atoms with van der Waals surface area (Å²) < 4.78 is 14.0. The van der Waals surface area contributed by atoms with Gasteiger partial charge >= 0.3 is 0 Å². The van der Waals surface area contributed by atoms with E-state index < -0.39 is 0 Å². The van der Waals surface area contributed by atoms with E-state index in [4.69, 9.17) is 0 Å². The molecule has 0 N–H and O–H groups in total. The number of aromatic nitrogens is 2. The van der Waals surface area contributed by atoms with Crippen LogP contribution in [0.5, 0.6) is 0 Å². The van der Waals surface area contributed by atoms with E-state index in [2.05, 4.69) is 22.3 Å². The number of hydrogen-bond donors (Lipinski definition) is 0. The molecule has 2 heterocycles. The van der Waals surface area contributed by atoms with Crippen LogP contribution in [0.2, 0.25) is 0 Å². The minimum absolute atomic E-state index is 0.174. The van der Waals surface area contributed by atoms with E-state index in [-0.39, 0.29) is 17.6 Å². The summed E-state index contributed by atoms with van der Waals surface area (Å²) in [7, 11) is 0. The molecule has 28 heavy (non-hydrogen) atoms. The first-order chi connectivity index (χ1) is 13.7. The average Bonchev–Trinajstić information content (AvgIpc) is 3.23. The molecule has 0 bridgehead atoms. The van der Waals surface area contributed by atoms with E-state index >= 15 is 0 Å². The lowest BCUT2D eigenvalue weighted by Crippen LogP contribution is -2.39. The first-order valence-corrected chi connectivity index (χ1v) is 10.4. The molecule has 1 aliphatic heterocycles. The van der Waals surface area contributed by atoms with Gasteiger partial charge < -0.3 is 4.90 Å². The first-order valence-electron chi connectivity index (χ1n) is 9.60. The monoisotopic (exact) mass is 395 g/mol. The van der Waals surface area contributed by atoms with Crippen molar-refractivity contribution in [1.82, 2.24) is 15.1 Å². The number of carbonyl (C=O) groups is 1. The third-order valence-electron chi connectivity index (χ3n) is 5.14. The van der Waals surface area contributed by atoms with Gasteiger partial charge in [0.25, 0.3) is 0 Å². The molecule has 6 heteroatoms. The van der Waals surface area contributed by atoms with Gasteiger partial charge in [0, 0.05) is 31.0 Å². The highest BCUT2D eigenvalue weighted by molar-refractivity contribution is 7.14. The highest BCUT2D eigenvalue weighted by Crippen LogP contribution is 2.33. The highest BCUT2D eigenvalue weighted by atomic mass is 32.1. The van der Waals surface area contributed by atoms with Crippen molar-refractivity contribution < 1.29 is 9.18 Å². The molecular formula is C22H22FN3OS. The van der Waals surface area contributed by atoms with Gasteiger partial charge in [-0.15, -0.1) is 10.2 Å². The third-order valence-corrected chi connectivity index (χ3v) is 6.26. The summed E-state index contributed by atoms with van der Waals surface area (Å²) in [6.07, 6.45) is 3.22. The number of halogens is 1. The minimum Gasteiger partial charge on any atom is -0.342 e. The van der Waals surface area contributed by atoms with Crippen molar-refractivity contribution >= 4 is 17.2 Å². The average molecular weight is 396 g/mol. The second-order valence-electron chi connectivity index (χ2n) is 7.09. The van der Waals surface area contributed by atoms with Crippen molar-refractivity contribution in [3.63, 3.8) is 0 Å². The van der Waals surface area contributed by atoms with Gasteiger partial charge in [0.15, 0.2) is 5.01 Å². The second-order valence-corrected chi connectivity index (χ2v) is 8.10. The van der Waals surface area contributed by atoms with E-state index in [1.807, 2.05) is 23.1 Å². The van der Waals surface area contributed by atoms with Gasteiger partial charge in [0.05, 0.1) is 0 Å². The van der Waals surface area contributed by atoms with Crippen LogP contribution in [0, 0.1) is 5.82 Å². The van der Waals surface area contributed by atoms with Crippen molar-refractivity contribution in [2.24, 2.45) is 0 Å². The molecule has 0 saturated carbocycles. The fourth-order valence-corrected chi connectivity index (χ4v) is 4.60. The van der Waals surface area contributed by atoms with Gasteiger partial charge in [-0.25, -0.2) is 4.39 Å². The molecule has 4 nitrogen and oxygen atoms in total. The fraction of sp³-hybridized carbons (Fsp3) is 0.318. The topological polar surface area (TPSA) is 46.1 Å². The predicted molar refractivity (Wildman–Crippen MR) is 109 cm³/mol. The molecule has 1 atom stereocenters. The molecule has 1 amide bonds. The summed E-state index contributed by atoms with van der Waals surface area (Å²) in [6, 6.07) is 16.7. The van der Waals surface area contributed by atoms with Crippen molar-refractivity contribution in [1.29, 1.82) is 0 Å². The molecule has 0 spiro atoms. The molecule has 1 saturated heterocycles. The molecule has 1 fully saturated rings. The molecule has 1 aliphatic rings. The number of benzene rings is 2. The second kappa shape index (κ2) is 8.61. The van der Waals surface area contributed by atoms with Crippen LogP contribution >= 0.6 is 11.3 Å². The SMILES string of the molecule is O=C(CCc1ccccc1)N1CCCC(c2nnc(-c3ccccc3F)s2)C1. The Hall–Kier alpha value is -2.60. The Morgan fingerprint density at radius 1 is 1.11 bits per heavy atom. The van der Waals surface area contributed by atoms with E-state index in [1.54, 1.807) is 18.2 Å². The Labute approximate surface area is 168 Å². The molecule has 0 aliphatic carbocycles. The number of nitrogens with zero attached hydrogens (tertiary/aromatic N) is 3. The normalized spacial score (nSPS) is 16.9. The summed E-state index contributed by atoms with van der Waals surface area (Å²) >= 11 is 1.43. The van der Waals surface area contributed by atoms with Crippen molar-refractivity contribution in [3.05, 3.63) is 71.0 Å². The van der Waals surface area contributed by atoms with Crippen LogP contribution in [-0.4, -0.2) is 34.1 Å². The maximum Gasteiger partial charge on any atom is 0.222 e. The van der Waals surface area contributed by atoms with Gasteiger partial charge in [-0.2, -0.15) is 0 Å². The van der Waals surface area contributed by atoms with Crippen LogP contribution in [-0.2, 0) is 11.2 Å². The maximum absolute atomic E-state index is 14.0. The predicted octanol–water partition coefficient (Wildman–Crippen LogP) is 4.68. The summed E-state index contributed by atoms with van der Waals surface area (Å²) in [5, 5.41) is 9.99. The summed E-state index contributed by atoms with van der Waals surface area (Å²) in [5.41, 5.74) is 1.67. The van der Waals surface area contributed by atoms with Gasteiger partial charge in [-0.05, 0) is 37.0 Å². The quantitative estimate of drug-likeness (QED) is 0.630. The zero-order chi connectivity index (χ0) is 19.3. The van der Waals surface area contributed by atoms with Crippen LogP contribution in [0.15, 0.2) is 54.6 Å². The summed E-state index contributed by atoms with van der Waals surface area (Å²) in [6.45, 7) is 1.46. The number of piperidine rings is 1. The van der Waals surface area contributed by atoms with Gasteiger partial charge in [-0.1, -0.05) is 53.8 Å². The Balaban J connectivity index is 1.40.